The summed E-state index contributed by atoms with van der Waals surface area (Å²) in [5.74, 6) is -0.420. The largest absolute Gasteiger partial charge is 0.417 e. The molecule has 1 aromatic carbocycles. The molecule has 0 saturated heterocycles. The molecular weight excluding hydrogens is 230 g/mol. The molecule has 0 spiro atoms. The average Bonchev–Trinajstić information content (AvgIpc) is 2.69. The molecule has 98 valence electrons. The number of aromatic amines is 1. The fourth-order valence-corrected chi connectivity index (χ4v) is 2.23. The Morgan fingerprint density at radius 2 is 2.06 bits per heavy atom. The smallest absolute Gasteiger partial charge is 0.408 e. The highest BCUT2D eigenvalue weighted by Gasteiger charge is 2.28. The van der Waals surface area contributed by atoms with E-state index in [0.29, 0.717) is 5.58 Å². The molecule has 0 saturated carbocycles. The van der Waals surface area contributed by atoms with Gasteiger partial charge in [0.05, 0.1) is 5.52 Å². The van der Waals surface area contributed by atoms with Crippen LogP contribution in [0.5, 0.6) is 0 Å². The zero-order chi connectivity index (χ0) is 13.3. The van der Waals surface area contributed by atoms with E-state index in [9.17, 15) is 4.79 Å². The maximum Gasteiger partial charge on any atom is 0.417 e. The van der Waals surface area contributed by atoms with Gasteiger partial charge in [-0.05, 0) is 45.6 Å². The average molecular weight is 249 g/mol. The Morgan fingerprint density at radius 1 is 1.33 bits per heavy atom. The van der Waals surface area contributed by atoms with Gasteiger partial charge in [-0.2, -0.15) is 0 Å². The van der Waals surface area contributed by atoms with Crippen LogP contribution in [0.3, 0.4) is 0 Å². The first kappa shape index (κ1) is 12.9. The summed E-state index contributed by atoms with van der Waals surface area (Å²) >= 11 is 0. The molecule has 2 aromatic rings. The van der Waals surface area contributed by atoms with Crippen molar-refractivity contribution in [3.63, 3.8) is 0 Å². The predicted octanol–water partition coefficient (Wildman–Crippen LogP) is 1.38. The van der Waals surface area contributed by atoms with Crippen molar-refractivity contribution in [1.82, 2.24) is 15.6 Å². The number of hydrogen-bond donors (Lipinski definition) is 3. The quantitative estimate of drug-likeness (QED) is 0.765. The topological polar surface area (TPSA) is 70.1 Å². The molecule has 0 aliphatic heterocycles. The van der Waals surface area contributed by atoms with Crippen LogP contribution in [0.25, 0.3) is 11.1 Å². The van der Waals surface area contributed by atoms with Crippen LogP contribution >= 0.6 is 0 Å². The fraction of sp³-hybridized carbons (Fsp3) is 0.462. The molecule has 0 radical (unpaired) electrons. The summed E-state index contributed by atoms with van der Waals surface area (Å²) in [6.07, 6.45) is 0. The second-order valence-electron chi connectivity index (χ2n) is 4.96. The lowest BCUT2D eigenvalue weighted by Crippen LogP contribution is -2.47. The molecule has 0 bridgehead atoms. The van der Waals surface area contributed by atoms with Crippen molar-refractivity contribution in [3.8, 4) is 0 Å². The lowest BCUT2D eigenvalue weighted by atomic mass is 9.89. The third-order valence-corrected chi connectivity index (χ3v) is 3.43. The molecule has 1 unspecified atom stereocenters. The second-order valence-corrected chi connectivity index (χ2v) is 4.96. The van der Waals surface area contributed by atoms with Crippen molar-refractivity contribution in [1.29, 1.82) is 0 Å². The predicted molar refractivity (Wildman–Crippen MR) is 71.8 cm³/mol. The van der Waals surface area contributed by atoms with Gasteiger partial charge in [0, 0.05) is 11.6 Å². The van der Waals surface area contributed by atoms with E-state index in [2.05, 4.69) is 29.5 Å². The number of likely N-dealkylation sites (N-methyl/N-ethyl adjacent to an activating group) is 2. The molecule has 0 aliphatic rings. The molecule has 2 rings (SSSR count). The zero-order valence-corrected chi connectivity index (χ0v) is 11.1. The third-order valence-electron chi connectivity index (χ3n) is 3.43. The molecule has 0 fully saturated rings. The Balaban J connectivity index is 2.48. The Labute approximate surface area is 106 Å². The maximum absolute atomic E-state index is 11.1. The monoisotopic (exact) mass is 249 g/mol. The molecule has 5 heteroatoms. The highest BCUT2D eigenvalue weighted by molar-refractivity contribution is 5.73. The van der Waals surface area contributed by atoms with E-state index < -0.39 is 5.76 Å². The van der Waals surface area contributed by atoms with Crippen molar-refractivity contribution in [2.24, 2.45) is 0 Å². The van der Waals surface area contributed by atoms with E-state index in [0.717, 1.165) is 11.1 Å². The van der Waals surface area contributed by atoms with Crippen molar-refractivity contribution >= 4 is 11.1 Å². The SMILES string of the molecule is CNC(c1ccc2[nH]c(=O)oc2c1)C(C)(C)NC. The van der Waals surface area contributed by atoms with Crippen LogP contribution in [-0.2, 0) is 0 Å². The highest BCUT2D eigenvalue weighted by Crippen LogP contribution is 2.26. The van der Waals surface area contributed by atoms with Crippen molar-refractivity contribution < 1.29 is 4.42 Å². The van der Waals surface area contributed by atoms with Gasteiger partial charge >= 0.3 is 5.76 Å². The van der Waals surface area contributed by atoms with E-state index in [-0.39, 0.29) is 11.6 Å². The summed E-state index contributed by atoms with van der Waals surface area (Å²) < 4.78 is 5.09. The number of oxazole rings is 1. The number of aromatic nitrogens is 1. The molecule has 1 aromatic heterocycles. The Morgan fingerprint density at radius 3 is 2.67 bits per heavy atom. The zero-order valence-electron chi connectivity index (χ0n) is 11.1. The minimum absolute atomic E-state index is 0.112. The summed E-state index contributed by atoms with van der Waals surface area (Å²) in [4.78, 5) is 13.8. The van der Waals surface area contributed by atoms with Crippen LogP contribution in [0, 0.1) is 0 Å². The molecule has 18 heavy (non-hydrogen) atoms. The lowest BCUT2D eigenvalue weighted by molar-refractivity contribution is 0.311. The maximum atomic E-state index is 11.1. The number of rotatable bonds is 4. The highest BCUT2D eigenvalue weighted by atomic mass is 16.4. The molecule has 0 amide bonds. The number of H-pyrrole nitrogens is 1. The van der Waals surface area contributed by atoms with Gasteiger partial charge in [0.25, 0.3) is 0 Å². The molecule has 1 heterocycles. The molecule has 0 aliphatic carbocycles. The van der Waals surface area contributed by atoms with Gasteiger partial charge < -0.3 is 15.1 Å². The Kier molecular flexibility index (Phi) is 3.28. The second kappa shape index (κ2) is 4.59. The minimum Gasteiger partial charge on any atom is -0.408 e. The molecule has 1 atom stereocenters. The van der Waals surface area contributed by atoms with E-state index in [1.807, 2.05) is 32.3 Å². The molecule has 3 N–H and O–H groups in total. The Hall–Kier alpha value is -1.59. The first-order valence-corrected chi connectivity index (χ1v) is 5.97. The number of benzene rings is 1. The van der Waals surface area contributed by atoms with Crippen molar-refractivity contribution in [3.05, 3.63) is 34.3 Å². The van der Waals surface area contributed by atoms with Gasteiger partial charge in [0.15, 0.2) is 5.58 Å². The summed E-state index contributed by atoms with van der Waals surface area (Å²) in [6, 6.07) is 5.87. The first-order valence-electron chi connectivity index (χ1n) is 5.97. The molecular formula is C13H19N3O2. The number of hydrogen-bond acceptors (Lipinski definition) is 4. The van der Waals surface area contributed by atoms with Crippen LogP contribution in [0.4, 0.5) is 0 Å². The van der Waals surface area contributed by atoms with E-state index in [1.165, 1.54) is 0 Å². The first-order chi connectivity index (χ1) is 8.47. The minimum atomic E-state index is -0.420. The summed E-state index contributed by atoms with van der Waals surface area (Å²) in [5.41, 5.74) is 2.27. The Bertz CT molecular complexity index is 598. The summed E-state index contributed by atoms with van der Waals surface area (Å²) in [5, 5.41) is 6.57. The van der Waals surface area contributed by atoms with Crippen LogP contribution in [0.2, 0.25) is 0 Å². The fourth-order valence-electron chi connectivity index (χ4n) is 2.23. The summed E-state index contributed by atoms with van der Waals surface area (Å²) in [6.45, 7) is 4.23. The number of fused-ring (bicyclic) bond motifs is 1. The standard InChI is InChI=1S/C13H19N3O2/c1-13(2,15-4)11(14-3)8-5-6-9-10(7-8)18-12(17)16-9/h5-7,11,14-15H,1-4H3,(H,16,17). The van der Waals surface area contributed by atoms with Crippen molar-refractivity contribution in [2.45, 2.75) is 25.4 Å². The van der Waals surface area contributed by atoms with Gasteiger partial charge in [-0.1, -0.05) is 6.07 Å². The lowest BCUT2D eigenvalue weighted by Gasteiger charge is -2.34. The van der Waals surface area contributed by atoms with Crippen LogP contribution in [0.15, 0.2) is 27.4 Å². The van der Waals surface area contributed by atoms with E-state index in [1.54, 1.807) is 0 Å². The van der Waals surface area contributed by atoms with Gasteiger partial charge in [0.1, 0.15) is 0 Å². The third kappa shape index (κ3) is 2.19. The van der Waals surface area contributed by atoms with Crippen molar-refractivity contribution in [2.75, 3.05) is 14.1 Å². The normalized spacial score (nSPS) is 14.0. The molecule has 5 nitrogen and oxygen atoms in total. The van der Waals surface area contributed by atoms with Crippen LogP contribution in [0.1, 0.15) is 25.5 Å². The van der Waals surface area contributed by atoms with E-state index in [4.69, 9.17) is 4.42 Å². The van der Waals surface area contributed by atoms with E-state index >= 15 is 0 Å². The van der Waals surface area contributed by atoms with Gasteiger partial charge in [-0.3, -0.25) is 4.98 Å². The summed E-state index contributed by atoms with van der Waals surface area (Å²) in [7, 11) is 3.85. The van der Waals surface area contributed by atoms with Gasteiger partial charge in [0.2, 0.25) is 0 Å². The van der Waals surface area contributed by atoms with Crippen LogP contribution in [-0.4, -0.2) is 24.6 Å². The van der Waals surface area contributed by atoms with Gasteiger partial charge in [-0.15, -0.1) is 0 Å². The number of nitrogens with one attached hydrogen (secondary N) is 3. The van der Waals surface area contributed by atoms with Gasteiger partial charge in [-0.25, -0.2) is 4.79 Å². The van der Waals surface area contributed by atoms with Crippen LogP contribution < -0.4 is 16.4 Å².